The van der Waals surface area contributed by atoms with Crippen LogP contribution in [0.25, 0.3) is 0 Å². The fraction of sp³-hybridized carbons (Fsp3) is 0.588. The predicted octanol–water partition coefficient (Wildman–Crippen LogP) is 1.71. The Morgan fingerprint density at radius 3 is 2.50 bits per heavy atom. The molecule has 0 bridgehead atoms. The number of benzene rings is 1. The highest BCUT2D eigenvalue weighted by Gasteiger charge is 2.10. The van der Waals surface area contributed by atoms with Crippen LogP contribution in [-0.4, -0.2) is 39.8 Å². The second kappa shape index (κ2) is 11.0. The molecule has 136 valence electrons. The van der Waals surface area contributed by atoms with Gasteiger partial charge in [-0.25, -0.2) is 13.1 Å². The Hall–Kier alpha value is -1.60. The number of guanidine groups is 1. The number of nitrogens with zero attached hydrogens (tertiary/aromatic N) is 1. The number of rotatable bonds is 10. The van der Waals surface area contributed by atoms with Gasteiger partial charge in [0.1, 0.15) is 0 Å². The summed E-state index contributed by atoms with van der Waals surface area (Å²) in [6, 6.07) is 9.47. The number of nitrogens with one attached hydrogen (secondary N) is 3. The zero-order chi connectivity index (χ0) is 17.8. The summed E-state index contributed by atoms with van der Waals surface area (Å²) in [7, 11) is -3.32. The molecule has 0 aliphatic carbocycles. The summed E-state index contributed by atoms with van der Waals surface area (Å²) in [6.45, 7) is 8.39. The average Bonchev–Trinajstić information content (AvgIpc) is 2.53. The fourth-order valence-corrected chi connectivity index (χ4v) is 2.84. The van der Waals surface area contributed by atoms with E-state index in [0.717, 1.165) is 25.1 Å². The van der Waals surface area contributed by atoms with Crippen LogP contribution in [0.3, 0.4) is 0 Å². The van der Waals surface area contributed by atoms with E-state index in [4.69, 9.17) is 0 Å². The Kier molecular flexibility index (Phi) is 9.41. The Balaban J connectivity index is 2.38. The maximum Gasteiger partial charge on any atom is 0.213 e. The summed E-state index contributed by atoms with van der Waals surface area (Å²) in [5.74, 6) is 1.27. The molecule has 1 rings (SSSR count). The van der Waals surface area contributed by atoms with Crippen LogP contribution >= 0.6 is 0 Å². The van der Waals surface area contributed by atoms with Gasteiger partial charge < -0.3 is 10.6 Å². The van der Waals surface area contributed by atoms with Gasteiger partial charge >= 0.3 is 0 Å². The largest absolute Gasteiger partial charge is 0.357 e. The Bertz CT molecular complexity index is 586. The summed E-state index contributed by atoms with van der Waals surface area (Å²) < 4.78 is 26.7. The molecule has 0 aliphatic heterocycles. The molecule has 0 unspecified atom stereocenters. The third-order valence-electron chi connectivity index (χ3n) is 3.32. The maximum absolute atomic E-state index is 12.0. The maximum atomic E-state index is 12.0. The van der Waals surface area contributed by atoms with Crippen molar-refractivity contribution in [2.75, 3.05) is 25.4 Å². The first kappa shape index (κ1) is 20.4. The van der Waals surface area contributed by atoms with Crippen molar-refractivity contribution >= 4 is 16.0 Å². The summed E-state index contributed by atoms with van der Waals surface area (Å²) >= 11 is 0. The van der Waals surface area contributed by atoms with E-state index < -0.39 is 10.0 Å². The highest BCUT2D eigenvalue weighted by atomic mass is 32.2. The van der Waals surface area contributed by atoms with Gasteiger partial charge in [-0.3, -0.25) is 4.99 Å². The van der Waals surface area contributed by atoms with Crippen LogP contribution in [-0.2, 0) is 16.6 Å². The lowest BCUT2D eigenvalue weighted by Crippen LogP contribution is -2.41. The number of hydrogen-bond donors (Lipinski definition) is 3. The molecule has 0 spiro atoms. The van der Waals surface area contributed by atoms with Gasteiger partial charge in [0.05, 0.1) is 5.75 Å². The molecule has 0 aromatic heterocycles. The summed E-state index contributed by atoms with van der Waals surface area (Å²) in [5.41, 5.74) is 0.942. The van der Waals surface area contributed by atoms with E-state index in [1.54, 1.807) is 0 Å². The first-order chi connectivity index (χ1) is 11.4. The van der Waals surface area contributed by atoms with Gasteiger partial charge in [-0.1, -0.05) is 44.2 Å². The van der Waals surface area contributed by atoms with E-state index in [-0.39, 0.29) is 5.75 Å². The first-order valence-corrected chi connectivity index (χ1v) is 10.1. The van der Waals surface area contributed by atoms with Crippen molar-refractivity contribution in [3.05, 3.63) is 35.9 Å². The second-order valence-electron chi connectivity index (χ2n) is 6.00. The van der Waals surface area contributed by atoms with Gasteiger partial charge in [-0.2, -0.15) is 0 Å². The van der Waals surface area contributed by atoms with Crippen LogP contribution in [0.2, 0.25) is 0 Å². The van der Waals surface area contributed by atoms with Crippen LogP contribution in [0, 0.1) is 5.92 Å². The Morgan fingerprint density at radius 1 is 1.17 bits per heavy atom. The van der Waals surface area contributed by atoms with E-state index >= 15 is 0 Å². The lowest BCUT2D eigenvalue weighted by atomic mass is 10.1. The molecule has 0 fully saturated rings. The molecule has 0 saturated heterocycles. The molecular formula is C17H30N4O2S. The first-order valence-electron chi connectivity index (χ1n) is 8.46. The zero-order valence-electron chi connectivity index (χ0n) is 14.9. The molecule has 0 radical (unpaired) electrons. The molecule has 7 heteroatoms. The highest BCUT2D eigenvalue weighted by molar-refractivity contribution is 7.89. The summed E-state index contributed by atoms with van der Waals surface area (Å²) in [5, 5.41) is 6.19. The topological polar surface area (TPSA) is 82.6 Å². The molecule has 24 heavy (non-hydrogen) atoms. The van der Waals surface area contributed by atoms with Crippen molar-refractivity contribution in [2.45, 2.75) is 33.7 Å². The number of sulfonamides is 1. The van der Waals surface area contributed by atoms with Gasteiger partial charge in [0.15, 0.2) is 5.96 Å². The molecule has 0 aliphatic rings. The minimum atomic E-state index is -3.32. The van der Waals surface area contributed by atoms with Gasteiger partial charge in [0.2, 0.25) is 10.0 Å². The van der Waals surface area contributed by atoms with Crippen LogP contribution in [0.5, 0.6) is 0 Å². The normalized spacial score (nSPS) is 12.4. The van der Waals surface area contributed by atoms with Crippen LogP contribution in [0.4, 0.5) is 0 Å². The smallest absolute Gasteiger partial charge is 0.213 e. The number of hydrogen-bond acceptors (Lipinski definition) is 3. The van der Waals surface area contributed by atoms with Crippen molar-refractivity contribution in [3.8, 4) is 0 Å². The van der Waals surface area contributed by atoms with Gasteiger partial charge in [0.25, 0.3) is 0 Å². The predicted molar refractivity (Wildman–Crippen MR) is 101 cm³/mol. The molecule has 0 heterocycles. The van der Waals surface area contributed by atoms with E-state index in [0.29, 0.717) is 25.0 Å². The summed E-state index contributed by atoms with van der Waals surface area (Å²) in [4.78, 5) is 4.45. The van der Waals surface area contributed by atoms with Crippen molar-refractivity contribution in [2.24, 2.45) is 10.9 Å². The van der Waals surface area contributed by atoms with E-state index in [1.807, 2.05) is 37.3 Å². The Morgan fingerprint density at radius 2 is 1.88 bits per heavy atom. The lowest BCUT2D eigenvalue weighted by molar-refractivity contribution is 0.579. The van der Waals surface area contributed by atoms with E-state index in [2.05, 4.69) is 34.2 Å². The van der Waals surface area contributed by atoms with Crippen molar-refractivity contribution in [3.63, 3.8) is 0 Å². The van der Waals surface area contributed by atoms with Crippen LogP contribution in [0.15, 0.2) is 35.3 Å². The SMILES string of the molecule is CCNC(=NCCC(C)C)NCCS(=O)(=O)NCc1ccccc1. The minimum absolute atomic E-state index is 0.00836. The lowest BCUT2D eigenvalue weighted by Gasteiger charge is -2.12. The second-order valence-corrected chi connectivity index (χ2v) is 7.92. The molecule has 3 N–H and O–H groups in total. The molecule has 6 nitrogen and oxygen atoms in total. The molecule has 1 aromatic rings. The molecule has 0 atom stereocenters. The van der Waals surface area contributed by atoms with Gasteiger partial charge in [-0.05, 0) is 24.8 Å². The molecule has 1 aromatic carbocycles. The number of aliphatic imine (C=N–C) groups is 1. The summed E-state index contributed by atoms with van der Waals surface area (Å²) in [6.07, 6.45) is 1.01. The van der Waals surface area contributed by atoms with Crippen LogP contribution in [0.1, 0.15) is 32.8 Å². The van der Waals surface area contributed by atoms with Gasteiger partial charge in [0, 0.05) is 26.2 Å². The minimum Gasteiger partial charge on any atom is -0.357 e. The Labute approximate surface area is 146 Å². The third kappa shape index (κ3) is 9.52. The third-order valence-corrected chi connectivity index (χ3v) is 4.65. The molecule has 0 saturated carbocycles. The standard InChI is InChI=1S/C17H30N4O2S/c1-4-18-17(19-11-10-15(2)3)20-12-13-24(22,23)21-14-16-8-6-5-7-9-16/h5-9,15,21H,4,10-14H2,1-3H3,(H2,18,19,20). The van der Waals surface area contributed by atoms with Gasteiger partial charge in [-0.15, -0.1) is 0 Å². The average molecular weight is 355 g/mol. The fourth-order valence-electron chi connectivity index (χ4n) is 1.94. The van der Waals surface area contributed by atoms with Crippen molar-refractivity contribution < 1.29 is 8.42 Å². The van der Waals surface area contributed by atoms with Crippen LogP contribution < -0.4 is 15.4 Å². The van der Waals surface area contributed by atoms with Crippen molar-refractivity contribution in [1.82, 2.24) is 15.4 Å². The molecular weight excluding hydrogens is 324 g/mol. The molecule has 0 amide bonds. The zero-order valence-corrected chi connectivity index (χ0v) is 15.7. The van der Waals surface area contributed by atoms with E-state index in [1.165, 1.54) is 0 Å². The van der Waals surface area contributed by atoms with Crippen molar-refractivity contribution in [1.29, 1.82) is 0 Å². The quantitative estimate of drug-likeness (QED) is 0.441. The highest BCUT2D eigenvalue weighted by Crippen LogP contribution is 1.99. The monoisotopic (exact) mass is 354 g/mol. The van der Waals surface area contributed by atoms with E-state index in [9.17, 15) is 8.42 Å².